The van der Waals surface area contributed by atoms with Gasteiger partial charge in [0, 0.05) is 12.3 Å². The van der Waals surface area contributed by atoms with Crippen LogP contribution in [0.4, 0.5) is 0 Å². The minimum atomic E-state index is -0.312. The van der Waals surface area contributed by atoms with Crippen molar-refractivity contribution in [1.82, 2.24) is 9.97 Å². The molecule has 0 N–H and O–H groups in total. The highest BCUT2D eigenvalue weighted by Crippen LogP contribution is 2.28. The molecule has 3 rings (SSSR count). The van der Waals surface area contributed by atoms with Crippen LogP contribution in [0.3, 0.4) is 0 Å². The van der Waals surface area contributed by atoms with Crippen molar-refractivity contribution in [1.29, 1.82) is 0 Å². The highest BCUT2D eigenvalue weighted by atomic mass is 32.1. The Hall–Kier alpha value is -2.01. The summed E-state index contributed by atoms with van der Waals surface area (Å²) in [6, 6.07) is 7.90. The zero-order valence-corrected chi connectivity index (χ0v) is 10.5. The molecule has 0 atom stereocenters. The number of thiazole rings is 1. The second-order valence-electron chi connectivity index (χ2n) is 3.89. The van der Waals surface area contributed by atoms with E-state index in [0.717, 1.165) is 21.1 Å². The summed E-state index contributed by atoms with van der Waals surface area (Å²) >= 11 is 1.57. The molecule has 0 spiro atoms. The van der Waals surface area contributed by atoms with Crippen LogP contribution in [0.1, 0.15) is 12.6 Å². The predicted octanol–water partition coefficient (Wildman–Crippen LogP) is 2.91. The van der Waals surface area contributed by atoms with Crippen LogP contribution in [0.25, 0.3) is 21.1 Å². The lowest BCUT2D eigenvalue weighted by atomic mass is 10.2. The maximum absolute atomic E-state index is 10.9. The number of carbonyl (C=O) groups is 1. The third-order valence-corrected chi connectivity index (χ3v) is 3.52. The summed E-state index contributed by atoms with van der Waals surface area (Å²) in [5, 5.41) is 1.08. The zero-order chi connectivity index (χ0) is 12.5. The standard InChI is InChI=1S/C13H10N2O2S/c1-8(16)17-6-11-12-13(18-7-14-12)9-4-2-3-5-10(9)15-11/h2-5,7H,6H2,1H3. The average Bonchev–Trinajstić information content (AvgIpc) is 2.85. The molecule has 1 aromatic carbocycles. The maximum atomic E-state index is 10.9. The number of esters is 1. The van der Waals surface area contributed by atoms with Crippen LogP contribution in [-0.4, -0.2) is 15.9 Å². The molecule has 0 fully saturated rings. The lowest BCUT2D eigenvalue weighted by molar-refractivity contribution is -0.142. The lowest BCUT2D eigenvalue weighted by Crippen LogP contribution is -2.01. The van der Waals surface area contributed by atoms with Crippen LogP contribution in [0.2, 0.25) is 0 Å². The van der Waals surface area contributed by atoms with Gasteiger partial charge in [-0.2, -0.15) is 0 Å². The molecule has 4 nitrogen and oxygen atoms in total. The molecule has 0 saturated heterocycles. The minimum Gasteiger partial charge on any atom is -0.459 e. The van der Waals surface area contributed by atoms with E-state index in [1.54, 1.807) is 16.8 Å². The van der Waals surface area contributed by atoms with E-state index in [1.807, 2.05) is 24.3 Å². The third-order valence-electron chi connectivity index (χ3n) is 2.66. The summed E-state index contributed by atoms with van der Waals surface area (Å²) in [7, 11) is 0. The summed E-state index contributed by atoms with van der Waals surface area (Å²) in [6.45, 7) is 1.56. The van der Waals surface area contributed by atoms with Crippen molar-refractivity contribution < 1.29 is 9.53 Å². The molecule has 0 aliphatic carbocycles. The predicted molar refractivity (Wildman–Crippen MR) is 70.4 cm³/mol. The molecule has 5 heteroatoms. The Bertz CT molecular complexity index is 736. The second-order valence-corrected chi connectivity index (χ2v) is 4.74. The SMILES string of the molecule is CC(=O)OCc1nc2ccccc2c2scnc12. The molecule has 0 unspecified atom stereocenters. The van der Waals surface area contributed by atoms with Gasteiger partial charge in [0.2, 0.25) is 0 Å². The van der Waals surface area contributed by atoms with Gasteiger partial charge in [-0.15, -0.1) is 11.3 Å². The molecule has 0 aliphatic rings. The van der Waals surface area contributed by atoms with Gasteiger partial charge in [-0.05, 0) is 6.07 Å². The maximum Gasteiger partial charge on any atom is 0.303 e. The number of nitrogens with zero attached hydrogens (tertiary/aromatic N) is 2. The largest absolute Gasteiger partial charge is 0.459 e. The fraction of sp³-hybridized carbons (Fsp3) is 0.154. The Morgan fingerprint density at radius 2 is 2.22 bits per heavy atom. The number of aromatic nitrogens is 2. The van der Waals surface area contributed by atoms with Crippen LogP contribution >= 0.6 is 11.3 Å². The van der Waals surface area contributed by atoms with E-state index >= 15 is 0 Å². The Balaban J connectivity index is 2.22. The van der Waals surface area contributed by atoms with Crippen LogP contribution < -0.4 is 0 Å². The van der Waals surface area contributed by atoms with Gasteiger partial charge in [0.05, 0.1) is 15.7 Å². The Kier molecular flexibility index (Phi) is 2.68. The first-order chi connectivity index (χ1) is 8.75. The molecule has 0 radical (unpaired) electrons. The highest BCUT2D eigenvalue weighted by Gasteiger charge is 2.11. The van der Waals surface area contributed by atoms with Crippen LogP contribution in [-0.2, 0) is 16.1 Å². The lowest BCUT2D eigenvalue weighted by Gasteiger charge is -2.05. The van der Waals surface area contributed by atoms with E-state index in [0.29, 0.717) is 5.69 Å². The number of carbonyl (C=O) groups excluding carboxylic acids is 1. The number of benzene rings is 1. The van der Waals surface area contributed by atoms with Gasteiger partial charge < -0.3 is 4.74 Å². The van der Waals surface area contributed by atoms with Gasteiger partial charge in [-0.1, -0.05) is 18.2 Å². The summed E-state index contributed by atoms with van der Waals surface area (Å²) in [4.78, 5) is 19.7. The molecule has 2 aromatic heterocycles. The molecule has 90 valence electrons. The molecule has 18 heavy (non-hydrogen) atoms. The van der Waals surface area contributed by atoms with Crippen LogP contribution in [0, 0.1) is 0 Å². The van der Waals surface area contributed by atoms with Crippen molar-refractivity contribution in [3.63, 3.8) is 0 Å². The summed E-state index contributed by atoms with van der Waals surface area (Å²) in [5.74, 6) is -0.312. The van der Waals surface area contributed by atoms with Crippen molar-refractivity contribution in [3.8, 4) is 0 Å². The van der Waals surface area contributed by atoms with Gasteiger partial charge in [0.15, 0.2) is 0 Å². The Labute approximate surface area is 107 Å². The zero-order valence-electron chi connectivity index (χ0n) is 9.71. The van der Waals surface area contributed by atoms with E-state index in [2.05, 4.69) is 9.97 Å². The van der Waals surface area contributed by atoms with E-state index in [4.69, 9.17) is 4.74 Å². The van der Waals surface area contributed by atoms with Crippen molar-refractivity contribution in [2.45, 2.75) is 13.5 Å². The number of rotatable bonds is 2. The number of ether oxygens (including phenoxy) is 1. The van der Waals surface area contributed by atoms with E-state index in [1.165, 1.54) is 6.92 Å². The molecule has 0 amide bonds. The quantitative estimate of drug-likeness (QED) is 0.663. The van der Waals surface area contributed by atoms with Crippen LogP contribution in [0.5, 0.6) is 0 Å². The van der Waals surface area contributed by atoms with Gasteiger partial charge in [-0.3, -0.25) is 4.79 Å². The number of hydrogen-bond donors (Lipinski definition) is 0. The van der Waals surface area contributed by atoms with Gasteiger partial charge in [-0.25, -0.2) is 9.97 Å². The second kappa shape index (κ2) is 4.34. The molecule has 0 saturated carbocycles. The molecule has 0 bridgehead atoms. The minimum absolute atomic E-state index is 0.167. The van der Waals surface area contributed by atoms with Crippen molar-refractivity contribution in [2.75, 3.05) is 0 Å². The van der Waals surface area contributed by atoms with Gasteiger partial charge in [0.25, 0.3) is 0 Å². The van der Waals surface area contributed by atoms with E-state index in [9.17, 15) is 4.79 Å². The Morgan fingerprint density at radius 3 is 3.06 bits per heavy atom. The van der Waals surface area contributed by atoms with E-state index < -0.39 is 0 Å². The highest BCUT2D eigenvalue weighted by molar-refractivity contribution is 7.17. The monoisotopic (exact) mass is 258 g/mol. The van der Waals surface area contributed by atoms with Crippen molar-refractivity contribution >= 4 is 38.4 Å². The first kappa shape index (κ1) is 11.1. The average molecular weight is 258 g/mol. The number of pyridine rings is 1. The van der Waals surface area contributed by atoms with Crippen LogP contribution in [0.15, 0.2) is 29.8 Å². The molecule has 2 heterocycles. The third kappa shape index (κ3) is 1.82. The first-order valence-electron chi connectivity index (χ1n) is 5.50. The van der Waals surface area contributed by atoms with E-state index in [-0.39, 0.29) is 12.6 Å². The van der Waals surface area contributed by atoms with Crippen molar-refractivity contribution in [2.24, 2.45) is 0 Å². The summed E-state index contributed by atoms with van der Waals surface area (Å²) < 4.78 is 6.10. The topological polar surface area (TPSA) is 52.1 Å². The molecular weight excluding hydrogens is 248 g/mol. The van der Waals surface area contributed by atoms with Gasteiger partial charge >= 0.3 is 5.97 Å². The number of para-hydroxylation sites is 1. The normalized spacial score (nSPS) is 10.9. The summed E-state index contributed by atoms with van der Waals surface area (Å²) in [6.07, 6.45) is 0. The fourth-order valence-corrected chi connectivity index (χ4v) is 2.72. The fourth-order valence-electron chi connectivity index (χ4n) is 1.87. The number of hydrogen-bond acceptors (Lipinski definition) is 5. The molecular formula is C13H10N2O2S. The first-order valence-corrected chi connectivity index (χ1v) is 6.38. The van der Waals surface area contributed by atoms with Gasteiger partial charge in [0.1, 0.15) is 17.8 Å². The Morgan fingerprint density at radius 1 is 1.39 bits per heavy atom. The molecule has 3 aromatic rings. The molecule has 0 aliphatic heterocycles. The number of fused-ring (bicyclic) bond motifs is 3. The van der Waals surface area contributed by atoms with Crippen molar-refractivity contribution in [3.05, 3.63) is 35.5 Å². The smallest absolute Gasteiger partial charge is 0.303 e. The summed E-state index contributed by atoms with van der Waals surface area (Å²) in [5.41, 5.74) is 4.22.